The van der Waals surface area contributed by atoms with Gasteiger partial charge in [0.2, 0.25) is 0 Å². The van der Waals surface area contributed by atoms with Crippen LogP contribution in [0.15, 0.2) is 30.3 Å². The lowest BCUT2D eigenvalue weighted by Gasteiger charge is -2.32. The fraction of sp³-hybridized carbons (Fsp3) is 0.500. The fourth-order valence-electron chi connectivity index (χ4n) is 1.75. The number of hydrogen-bond donors (Lipinski definition) is 2. The molecular formula is C12H19NO. The first-order valence-corrected chi connectivity index (χ1v) is 4.95. The highest BCUT2D eigenvalue weighted by Crippen LogP contribution is 2.32. The summed E-state index contributed by atoms with van der Waals surface area (Å²) in [6, 6.07) is 10.4. The number of hydrogen-bond acceptors (Lipinski definition) is 2. The second-order valence-corrected chi connectivity index (χ2v) is 4.28. The third-order valence-corrected chi connectivity index (χ3v) is 2.61. The second kappa shape index (κ2) is 4.58. The highest BCUT2D eigenvalue weighted by molar-refractivity contribution is 5.20. The van der Waals surface area contributed by atoms with Gasteiger partial charge in [0.05, 0.1) is 0 Å². The van der Waals surface area contributed by atoms with Crippen LogP contribution in [0.1, 0.15) is 25.5 Å². The molecule has 0 radical (unpaired) electrons. The largest absolute Gasteiger partial charge is 0.396 e. The summed E-state index contributed by atoms with van der Waals surface area (Å²) >= 11 is 0. The zero-order valence-corrected chi connectivity index (χ0v) is 9.12. The third kappa shape index (κ3) is 2.34. The Hall–Kier alpha value is -0.860. The lowest BCUT2D eigenvalue weighted by atomic mass is 9.81. The van der Waals surface area contributed by atoms with Crippen molar-refractivity contribution in [2.75, 3.05) is 13.7 Å². The summed E-state index contributed by atoms with van der Waals surface area (Å²) in [6.45, 7) is 4.29. The molecular weight excluding hydrogens is 174 g/mol. The molecule has 0 spiro atoms. The van der Waals surface area contributed by atoms with Crippen molar-refractivity contribution >= 4 is 0 Å². The summed E-state index contributed by atoms with van der Waals surface area (Å²) in [5.41, 5.74) is 1.07. The van der Waals surface area contributed by atoms with E-state index in [1.54, 1.807) is 0 Å². The summed E-state index contributed by atoms with van der Waals surface area (Å²) in [6.07, 6.45) is 0. The number of rotatable bonds is 4. The van der Waals surface area contributed by atoms with E-state index in [2.05, 4.69) is 31.3 Å². The standard InChI is InChI=1S/C12H19NO/c1-12(2,9-14)11(13-3)10-7-5-4-6-8-10/h4-8,11,13-14H,9H2,1-3H3/t11-/m1/s1. The van der Waals surface area contributed by atoms with Crippen LogP contribution in [0.3, 0.4) is 0 Å². The van der Waals surface area contributed by atoms with E-state index in [0.29, 0.717) is 0 Å². The maximum atomic E-state index is 9.32. The first kappa shape index (κ1) is 11.2. The summed E-state index contributed by atoms with van der Waals surface area (Å²) in [4.78, 5) is 0. The first-order chi connectivity index (χ1) is 6.61. The van der Waals surface area contributed by atoms with Gasteiger partial charge in [-0.3, -0.25) is 0 Å². The Morgan fingerprint density at radius 1 is 1.29 bits per heavy atom. The molecule has 0 saturated carbocycles. The predicted octanol–water partition coefficient (Wildman–Crippen LogP) is 1.97. The Morgan fingerprint density at radius 2 is 1.86 bits per heavy atom. The van der Waals surface area contributed by atoms with Crippen molar-refractivity contribution < 1.29 is 5.11 Å². The lowest BCUT2D eigenvalue weighted by Crippen LogP contribution is -2.34. The maximum Gasteiger partial charge on any atom is 0.0500 e. The van der Waals surface area contributed by atoms with Crippen molar-refractivity contribution in [3.8, 4) is 0 Å². The Kier molecular flexibility index (Phi) is 3.67. The Balaban J connectivity index is 2.93. The summed E-state index contributed by atoms with van der Waals surface area (Å²) in [7, 11) is 1.93. The van der Waals surface area contributed by atoms with Gasteiger partial charge in [0.25, 0.3) is 0 Å². The van der Waals surface area contributed by atoms with Gasteiger partial charge in [-0.25, -0.2) is 0 Å². The first-order valence-electron chi connectivity index (χ1n) is 4.95. The van der Waals surface area contributed by atoms with E-state index in [0.717, 1.165) is 0 Å². The van der Waals surface area contributed by atoms with E-state index in [1.807, 2.05) is 25.2 Å². The highest BCUT2D eigenvalue weighted by Gasteiger charge is 2.28. The van der Waals surface area contributed by atoms with Crippen LogP contribution in [0.25, 0.3) is 0 Å². The van der Waals surface area contributed by atoms with Crippen LogP contribution >= 0.6 is 0 Å². The minimum Gasteiger partial charge on any atom is -0.396 e. The molecule has 0 amide bonds. The Morgan fingerprint density at radius 3 is 2.29 bits per heavy atom. The van der Waals surface area contributed by atoms with Gasteiger partial charge in [-0.15, -0.1) is 0 Å². The smallest absolute Gasteiger partial charge is 0.0500 e. The molecule has 0 aliphatic heterocycles. The number of aliphatic hydroxyl groups excluding tert-OH is 1. The molecule has 1 aromatic rings. The average Bonchev–Trinajstić information content (AvgIpc) is 2.20. The molecule has 78 valence electrons. The quantitative estimate of drug-likeness (QED) is 0.766. The molecule has 2 heteroatoms. The zero-order valence-electron chi connectivity index (χ0n) is 9.12. The number of benzene rings is 1. The third-order valence-electron chi connectivity index (χ3n) is 2.61. The molecule has 14 heavy (non-hydrogen) atoms. The van der Waals surface area contributed by atoms with Crippen LogP contribution < -0.4 is 5.32 Å². The van der Waals surface area contributed by atoms with E-state index in [1.165, 1.54) is 5.56 Å². The van der Waals surface area contributed by atoms with E-state index in [4.69, 9.17) is 0 Å². The molecule has 0 unspecified atom stereocenters. The molecule has 0 aliphatic rings. The average molecular weight is 193 g/mol. The van der Waals surface area contributed by atoms with Gasteiger partial charge in [0.1, 0.15) is 0 Å². The molecule has 0 aromatic heterocycles. The van der Waals surface area contributed by atoms with Crippen LogP contribution in [0.4, 0.5) is 0 Å². The summed E-state index contributed by atoms with van der Waals surface area (Å²) in [5, 5.41) is 12.6. The van der Waals surface area contributed by atoms with Gasteiger partial charge in [0.15, 0.2) is 0 Å². The van der Waals surface area contributed by atoms with E-state index in [9.17, 15) is 5.11 Å². The van der Waals surface area contributed by atoms with E-state index >= 15 is 0 Å². The Labute approximate surface area is 86.0 Å². The van der Waals surface area contributed by atoms with Gasteiger partial charge in [-0.05, 0) is 12.6 Å². The van der Waals surface area contributed by atoms with Crippen LogP contribution in [0, 0.1) is 5.41 Å². The maximum absolute atomic E-state index is 9.32. The van der Waals surface area contributed by atoms with Crippen molar-refractivity contribution in [3.05, 3.63) is 35.9 Å². The van der Waals surface area contributed by atoms with Gasteiger partial charge < -0.3 is 10.4 Å². The molecule has 2 N–H and O–H groups in total. The molecule has 2 nitrogen and oxygen atoms in total. The minimum atomic E-state index is -0.143. The molecule has 0 saturated heterocycles. The molecule has 0 bridgehead atoms. The molecule has 1 atom stereocenters. The SMILES string of the molecule is CN[C@H](c1ccccc1)C(C)(C)CO. The fourth-order valence-corrected chi connectivity index (χ4v) is 1.75. The van der Waals surface area contributed by atoms with Crippen LogP contribution in [-0.4, -0.2) is 18.8 Å². The number of nitrogens with one attached hydrogen (secondary N) is 1. The summed E-state index contributed by atoms with van der Waals surface area (Å²) in [5.74, 6) is 0. The number of aliphatic hydroxyl groups is 1. The van der Waals surface area contributed by atoms with Crippen molar-refractivity contribution in [2.24, 2.45) is 5.41 Å². The topological polar surface area (TPSA) is 32.3 Å². The summed E-state index contributed by atoms with van der Waals surface area (Å²) < 4.78 is 0. The van der Waals surface area contributed by atoms with Crippen molar-refractivity contribution in [1.82, 2.24) is 5.32 Å². The minimum absolute atomic E-state index is 0.143. The van der Waals surface area contributed by atoms with Gasteiger partial charge in [-0.1, -0.05) is 44.2 Å². The normalized spacial score (nSPS) is 14.0. The molecule has 1 rings (SSSR count). The highest BCUT2D eigenvalue weighted by atomic mass is 16.3. The molecule has 1 aromatic carbocycles. The van der Waals surface area contributed by atoms with Crippen LogP contribution in [-0.2, 0) is 0 Å². The molecule has 0 heterocycles. The van der Waals surface area contributed by atoms with Crippen LogP contribution in [0.5, 0.6) is 0 Å². The lowest BCUT2D eigenvalue weighted by molar-refractivity contribution is 0.119. The molecule has 0 aliphatic carbocycles. The van der Waals surface area contributed by atoms with Crippen molar-refractivity contribution in [2.45, 2.75) is 19.9 Å². The monoisotopic (exact) mass is 193 g/mol. The van der Waals surface area contributed by atoms with Crippen LogP contribution in [0.2, 0.25) is 0 Å². The van der Waals surface area contributed by atoms with Gasteiger partial charge >= 0.3 is 0 Å². The predicted molar refractivity (Wildman–Crippen MR) is 59.1 cm³/mol. The second-order valence-electron chi connectivity index (χ2n) is 4.28. The molecule has 0 fully saturated rings. The zero-order chi connectivity index (χ0) is 10.6. The van der Waals surface area contributed by atoms with E-state index < -0.39 is 0 Å². The van der Waals surface area contributed by atoms with Gasteiger partial charge in [-0.2, -0.15) is 0 Å². The van der Waals surface area contributed by atoms with Crippen molar-refractivity contribution in [1.29, 1.82) is 0 Å². The van der Waals surface area contributed by atoms with Gasteiger partial charge in [0, 0.05) is 18.1 Å². The van der Waals surface area contributed by atoms with E-state index in [-0.39, 0.29) is 18.1 Å². The Bertz CT molecular complexity index is 269. The van der Waals surface area contributed by atoms with Crippen molar-refractivity contribution in [3.63, 3.8) is 0 Å².